The van der Waals surface area contributed by atoms with Crippen LogP contribution in [0.5, 0.6) is 11.5 Å². The molecule has 4 rings (SSSR count). The molecule has 2 heterocycles. The van der Waals surface area contributed by atoms with Gasteiger partial charge in [-0.05, 0) is 42.5 Å². The molecule has 8 heteroatoms. The highest BCUT2D eigenvalue weighted by Crippen LogP contribution is 2.36. The highest BCUT2D eigenvalue weighted by molar-refractivity contribution is 7.12. The van der Waals surface area contributed by atoms with Crippen LogP contribution >= 0.6 is 22.9 Å². The van der Waals surface area contributed by atoms with Crippen LogP contribution in [0.3, 0.4) is 0 Å². The van der Waals surface area contributed by atoms with Gasteiger partial charge in [0.2, 0.25) is 6.79 Å². The second kappa shape index (κ2) is 7.04. The molecule has 0 aliphatic carbocycles. The first-order valence-electron chi connectivity index (χ1n) is 7.58. The molecule has 1 N–H and O–H groups in total. The topological polar surface area (TPSA) is 79.5 Å². The Hall–Kier alpha value is -3.08. The Morgan fingerprint density at radius 1 is 1.19 bits per heavy atom. The van der Waals surface area contributed by atoms with Crippen molar-refractivity contribution >= 4 is 34.3 Å². The van der Waals surface area contributed by atoms with Gasteiger partial charge in [0.1, 0.15) is 6.07 Å². The molecule has 1 aliphatic rings. The van der Waals surface area contributed by atoms with Crippen molar-refractivity contribution < 1.29 is 9.47 Å². The van der Waals surface area contributed by atoms with Crippen molar-refractivity contribution in [1.29, 1.82) is 5.26 Å². The Morgan fingerprint density at radius 3 is 2.81 bits per heavy atom. The van der Waals surface area contributed by atoms with Gasteiger partial charge in [0.05, 0.1) is 11.4 Å². The lowest BCUT2D eigenvalue weighted by atomic mass is 10.1. The Balaban J connectivity index is 1.56. The van der Waals surface area contributed by atoms with E-state index in [9.17, 15) is 5.26 Å². The lowest BCUT2D eigenvalue weighted by Crippen LogP contribution is -2.01. The molecule has 0 atom stereocenters. The number of benzene rings is 2. The van der Waals surface area contributed by atoms with E-state index in [0.717, 1.165) is 22.7 Å². The van der Waals surface area contributed by atoms with Crippen LogP contribution in [-0.4, -0.2) is 17.5 Å². The van der Waals surface area contributed by atoms with Gasteiger partial charge in [-0.3, -0.25) is 5.43 Å². The summed E-state index contributed by atoms with van der Waals surface area (Å²) in [5.74, 6) is 1.41. The van der Waals surface area contributed by atoms with Gasteiger partial charge in [-0.2, -0.15) is 10.4 Å². The molecule has 0 unspecified atom stereocenters. The maximum absolute atomic E-state index is 9.40. The van der Waals surface area contributed by atoms with Crippen molar-refractivity contribution in [2.24, 2.45) is 5.10 Å². The van der Waals surface area contributed by atoms with E-state index in [1.165, 1.54) is 11.3 Å². The summed E-state index contributed by atoms with van der Waals surface area (Å²) in [6.07, 6.45) is 0. The van der Waals surface area contributed by atoms with Crippen LogP contribution in [0.15, 0.2) is 52.9 Å². The summed E-state index contributed by atoms with van der Waals surface area (Å²) >= 11 is 7.20. The molecule has 0 spiro atoms. The maximum atomic E-state index is 9.40. The van der Waals surface area contributed by atoms with Gasteiger partial charge in [0, 0.05) is 16.0 Å². The summed E-state index contributed by atoms with van der Waals surface area (Å²) in [7, 11) is 0. The minimum Gasteiger partial charge on any atom is -0.454 e. The highest BCUT2D eigenvalue weighted by atomic mass is 35.5. The summed E-state index contributed by atoms with van der Waals surface area (Å²) in [5, 5.41) is 16.6. The Labute approximate surface area is 158 Å². The number of fused-ring (bicyclic) bond motifs is 1. The molecular weight excluding hydrogens is 372 g/mol. The lowest BCUT2D eigenvalue weighted by molar-refractivity contribution is 0.174. The molecule has 0 bridgehead atoms. The summed E-state index contributed by atoms with van der Waals surface area (Å²) in [6, 6.07) is 14.7. The molecule has 26 heavy (non-hydrogen) atoms. The number of hydrogen-bond acceptors (Lipinski definition) is 7. The fraction of sp³-hybridized carbons (Fsp3) is 0.0556. The fourth-order valence-electron chi connectivity index (χ4n) is 2.34. The van der Waals surface area contributed by atoms with Crippen LogP contribution in [0.1, 0.15) is 5.01 Å². The first-order valence-corrected chi connectivity index (χ1v) is 8.84. The third-order valence-corrected chi connectivity index (χ3v) is 4.72. The van der Waals surface area contributed by atoms with Crippen molar-refractivity contribution in [3.8, 4) is 28.8 Å². The summed E-state index contributed by atoms with van der Waals surface area (Å²) in [5.41, 5.74) is 5.41. The minimum absolute atomic E-state index is 0.206. The SMILES string of the molecule is N#C/C(=N/Nc1ccc(Cl)cc1)c1nc(-c2ccc3c(c2)OCO3)cs1. The van der Waals surface area contributed by atoms with Crippen LogP contribution < -0.4 is 14.9 Å². The zero-order valence-corrected chi connectivity index (χ0v) is 14.8. The van der Waals surface area contributed by atoms with Crippen LogP contribution in [0.4, 0.5) is 5.69 Å². The van der Waals surface area contributed by atoms with Gasteiger partial charge in [0.25, 0.3) is 0 Å². The van der Waals surface area contributed by atoms with E-state index < -0.39 is 0 Å². The molecule has 0 fully saturated rings. The van der Waals surface area contributed by atoms with Gasteiger partial charge >= 0.3 is 0 Å². The molecule has 0 radical (unpaired) electrons. The normalized spacial score (nSPS) is 12.7. The number of hydrazone groups is 1. The van der Waals surface area contributed by atoms with Crippen molar-refractivity contribution in [3.05, 3.63) is 57.9 Å². The number of hydrogen-bond donors (Lipinski definition) is 1. The second-order valence-corrected chi connectivity index (χ2v) is 6.59. The molecule has 1 aromatic heterocycles. The van der Waals surface area contributed by atoms with Crippen LogP contribution in [0.25, 0.3) is 11.3 Å². The van der Waals surface area contributed by atoms with Gasteiger partial charge in [-0.1, -0.05) is 11.6 Å². The van der Waals surface area contributed by atoms with E-state index in [2.05, 4.69) is 21.6 Å². The predicted octanol–water partition coefficient (Wildman–Crippen LogP) is 4.53. The van der Waals surface area contributed by atoms with Crippen LogP contribution in [0, 0.1) is 11.3 Å². The molecule has 0 amide bonds. The number of ether oxygens (including phenoxy) is 2. The zero-order valence-electron chi connectivity index (χ0n) is 13.3. The molecule has 0 saturated heterocycles. The summed E-state index contributed by atoms with van der Waals surface area (Å²) in [4.78, 5) is 4.51. The number of halogens is 1. The largest absolute Gasteiger partial charge is 0.454 e. The van der Waals surface area contributed by atoms with Crippen molar-refractivity contribution in [3.63, 3.8) is 0 Å². The van der Waals surface area contributed by atoms with Gasteiger partial charge < -0.3 is 9.47 Å². The van der Waals surface area contributed by atoms with E-state index in [1.807, 2.05) is 23.6 Å². The smallest absolute Gasteiger partial charge is 0.231 e. The van der Waals surface area contributed by atoms with Gasteiger partial charge in [-0.25, -0.2) is 4.98 Å². The van der Waals surface area contributed by atoms with Crippen LogP contribution in [-0.2, 0) is 0 Å². The number of thiazole rings is 1. The third-order valence-electron chi connectivity index (χ3n) is 3.62. The van der Waals surface area contributed by atoms with E-state index in [4.69, 9.17) is 21.1 Å². The van der Waals surface area contributed by atoms with Crippen molar-refractivity contribution in [1.82, 2.24) is 4.98 Å². The summed E-state index contributed by atoms with van der Waals surface area (Å²) in [6.45, 7) is 0.225. The third kappa shape index (κ3) is 3.33. The standard InChI is InChI=1S/C18H11ClN4O2S/c19-12-2-4-13(5-3-12)22-23-14(8-20)18-21-15(9-26-18)11-1-6-16-17(7-11)25-10-24-16/h1-7,9,22H,10H2/b23-14-. The van der Waals surface area contributed by atoms with E-state index in [-0.39, 0.29) is 12.5 Å². The number of aromatic nitrogens is 1. The Kier molecular flexibility index (Phi) is 4.44. The van der Waals surface area contributed by atoms with E-state index in [1.54, 1.807) is 24.3 Å². The van der Waals surface area contributed by atoms with E-state index >= 15 is 0 Å². The number of nitriles is 1. The van der Waals surface area contributed by atoms with Crippen LogP contribution in [0.2, 0.25) is 5.02 Å². The predicted molar refractivity (Wildman–Crippen MR) is 101 cm³/mol. The number of rotatable bonds is 4. The number of anilines is 1. The molecule has 3 aromatic rings. The minimum atomic E-state index is 0.206. The molecule has 6 nitrogen and oxygen atoms in total. The average Bonchev–Trinajstić information content (AvgIpc) is 3.32. The first kappa shape index (κ1) is 16.4. The number of nitrogens with zero attached hydrogens (tertiary/aromatic N) is 3. The monoisotopic (exact) mass is 382 g/mol. The number of nitrogens with one attached hydrogen (secondary N) is 1. The lowest BCUT2D eigenvalue weighted by Gasteiger charge is -2.01. The molecule has 0 saturated carbocycles. The summed E-state index contributed by atoms with van der Waals surface area (Å²) < 4.78 is 10.7. The highest BCUT2D eigenvalue weighted by Gasteiger charge is 2.16. The molecule has 2 aromatic carbocycles. The molecule has 1 aliphatic heterocycles. The Bertz CT molecular complexity index is 1020. The maximum Gasteiger partial charge on any atom is 0.231 e. The van der Waals surface area contributed by atoms with Gasteiger partial charge in [-0.15, -0.1) is 11.3 Å². The zero-order chi connectivity index (χ0) is 17.9. The van der Waals surface area contributed by atoms with Crippen molar-refractivity contribution in [2.45, 2.75) is 0 Å². The average molecular weight is 383 g/mol. The van der Waals surface area contributed by atoms with Gasteiger partial charge in [0.15, 0.2) is 22.2 Å². The second-order valence-electron chi connectivity index (χ2n) is 5.30. The van der Waals surface area contributed by atoms with E-state index in [0.29, 0.717) is 15.8 Å². The first-order chi connectivity index (χ1) is 12.7. The Morgan fingerprint density at radius 2 is 2.00 bits per heavy atom. The fourth-order valence-corrected chi connectivity index (χ4v) is 3.23. The molecule has 128 valence electrons. The molecular formula is C18H11ClN4O2S. The quantitative estimate of drug-likeness (QED) is 0.529. The van der Waals surface area contributed by atoms with Crippen molar-refractivity contribution in [2.75, 3.05) is 12.2 Å².